The first-order chi connectivity index (χ1) is 11.3. The van der Waals surface area contributed by atoms with Crippen molar-refractivity contribution in [2.45, 2.75) is 69.5 Å². The van der Waals surface area contributed by atoms with Crippen LogP contribution in [0.2, 0.25) is 0 Å². The van der Waals surface area contributed by atoms with Crippen molar-refractivity contribution in [2.75, 3.05) is 0 Å². The molecule has 25 heavy (non-hydrogen) atoms. The van der Waals surface area contributed by atoms with Crippen LogP contribution in [0.15, 0.2) is 0 Å². The molecule has 4 aliphatic rings. The molecule has 4 aliphatic carbocycles. The SMILES string of the molecule is CC(NC(=O)C(F)(F)C(F)(F)C(F)(F)F)C12CC3CC(CC(C3)C1)C2. The maximum atomic E-state index is 13.5. The summed E-state index contributed by atoms with van der Waals surface area (Å²) in [4.78, 5) is 11.6. The number of amides is 1. The Bertz CT molecular complexity index is 522. The lowest BCUT2D eigenvalue weighted by molar-refractivity contribution is -0.344. The van der Waals surface area contributed by atoms with Crippen LogP contribution >= 0.6 is 0 Å². The van der Waals surface area contributed by atoms with E-state index >= 15 is 0 Å². The summed E-state index contributed by atoms with van der Waals surface area (Å²) in [5, 5.41) is 1.79. The van der Waals surface area contributed by atoms with Gasteiger partial charge in [0, 0.05) is 6.04 Å². The molecule has 0 aliphatic heterocycles. The summed E-state index contributed by atoms with van der Waals surface area (Å²) in [5.41, 5.74) is -0.478. The van der Waals surface area contributed by atoms with Crippen molar-refractivity contribution in [3.63, 3.8) is 0 Å². The van der Waals surface area contributed by atoms with Gasteiger partial charge in [0.1, 0.15) is 0 Å². The Morgan fingerprint density at radius 2 is 1.32 bits per heavy atom. The van der Waals surface area contributed by atoms with Crippen LogP contribution in [-0.2, 0) is 4.79 Å². The third-order valence-corrected chi connectivity index (χ3v) is 6.39. The number of nitrogens with one attached hydrogen (secondary N) is 1. The molecular weight excluding hydrogens is 355 g/mol. The quantitative estimate of drug-likeness (QED) is 0.718. The summed E-state index contributed by atoms with van der Waals surface area (Å²) < 4.78 is 89.8. The largest absolute Gasteiger partial charge is 0.460 e. The van der Waals surface area contributed by atoms with Crippen LogP contribution in [0.3, 0.4) is 0 Å². The molecule has 0 aromatic rings. The number of carbonyl (C=O) groups excluding carboxylic acids is 1. The lowest BCUT2D eigenvalue weighted by Gasteiger charge is -2.59. The number of rotatable bonds is 4. The van der Waals surface area contributed by atoms with Crippen LogP contribution in [0, 0.1) is 23.2 Å². The van der Waals surface area contributed by atoms with Gasteiger partial charge in [-0.2, -0.15) is 30.7 Å². The van der Waals surface area contributed by atoms with E-state index in [0.717, 1.165) is 19.3 Å². The monoisotopic (exact) mass is 375 g/mol. The smallest absolute Gasteiger partial charge is 0.348 e. The fourth-order valence-electron chi connectivity index (χ4n) is 5.47. The molecule has 0 spiro atoms. The Kier molecular flexibility index (Phi) is 4.12. The van der Waals surface area contributed by atoms with Crippen LogP contribution < -0.4 is 5.32 Å². The molecule has 4 bridgehead atoms. The highest BCUT2D eigenvalue weighted by atomic mass is 19.4. The predicted molar refractivity (Wildman–Crippen MR) is 74.2 cm³/mol. The predicted octanol–water partition coefficient (Wildman–Crippen LogP) is 4.54. The second kappa shape index (κ2) is 5.49. The van der Waals surface area contributed by atoms with E-state index in [-0.39, 0.29) is 0 Å². The first kappa shape index (κ1) is 18.8. The zero-order chi connectivity index (χ0) is 18.8. The Labute approximate surface area is 140 Å². The van der Waals surface area contributed by atoms with E-state index in [1.165, 1.54) is 6.92 Å². The number of hydrogen-bond acceptors (Lipinski definition) is 1. The third-order valence-electron chi connectivity index (χ3n) is 6.39. The highest BCUT2D eigenvalue weighted by molar-refractivity contribution is 5.85. The summed E-state index contributed by atoms with van der Waals surface area (Å²) in [7, 11) is 0. The Balaban J connectivity index is 1.75. The lowest BCUT2D eigenvalue weighted by atomic mass is 9.48. The second-order valence-electron chi connectivity index (χ2n) is 8.12. The van der Waals surface area contributed by atoms with Crippen molar-refractivity contribution in [2.24, 2.45) is 23.2 Å². The van der Waals surface area contributed by atoms with E-state index in [0.29, 0.717) is 37.0 Å². The zero-order valence-electron chi connectivity index (χ0n) is 13.6. The Morgan fingerprint density at radius 1 is 0.920 bits per heavy atom. The molecule has 0 radical (unpaired) electrons. The highest BCUT2D eigenvalue weighted by Gasteiger charge is 2.76. The molecule has 4 fully saturated rings. The molecule has 1 amide bonds. The first-order valence-corrected chi connectivity index (χ1v) is 8.42. The summed E-state index contributed by atoms with van der Waals surface area (Å²) in [6.07, 6.45) is -1.28. The second-order valence-corrected chi connectivity index (χ2v) is 8.12. The minimum atomic E-state index is -6.50. The molecule has 0 aromatic carbocycles. The molecule has 1 atom stereocenters. The van der Waals surface area contributed by atoms with E-state index in [2.05, 4.69) is 0 Å². The third kappa shape index (κ3) is 2.81. The van der Waals surface area contributed by atoms with E-state index in [9.17, 15) is 35.5 Å². The molecule has 144 valence electrons. The molecule has 1 N–H and O–H groups in total. The molecule has 0 heterocycles. The molecule has 4 saturated carbocycles. The van der Waals surface area contributed by atoms with E-state index in [4.69, 9.17) is 0 Å². The van der Waals surface area contributed by atoms with Gasteiger partial charge in [-0.15, -0.1) is 0 Å². The van der Waals surface area contributed by atoms with Gasteiger partial charge in [-0.05, 0) is 68.6 Å². The standard InChI is InChI=1S/C16H20F7NO/c1-8(13-5-9-2-10(6-13)4-11(3-9)7-13)24-12(25)14(17,18)15(19,20)16(21,22)23/h8-11H,2-7H2,1H3,(H,24,25). The Morgan fingerprint density at radius 3 is 1.68 bits per heavy atom. The molecule has 1 unspecified atom stereocenters. The minimum Gasteiger partial charge on any atom is -0.348 e. The number of hydrogen-bond donors (Lipinski definition) is 1. The first-order valence-electron chi connectivity index (χ1n) is 8.42. The van der Waals surface area contributed by atoms with Crippen molar-refractivity contribution < 1.29 is 35.5 Å². The summed E-state index contributed by atoms with van der Waals surface area (Å²) in [6, 6.07) is -0.872. The van der Waals surface area contributed by atoms with Gasteiger partial charge in [0.2, 0.25) is 0 Å². The van der Waals surface area contributed by atoms with E-state index < -0.39 is 35.4 Å². The fourth-order valence-corrected chi connectivity index (χ4v) is 5.47. The van der Waals surface area contributed by atoms with Gasteiger partial charge in [-0.3, -0.25) is 4.79 Å². The van der Waals surface area contributed by atoms with Crippen molar-refractivity contribution in [3.8, 4) is 0 Å². The summed E-state index contributed by atoms with van der Waals surface area (Å²) in [6.45, 7) is 1.44. The van der Waals surface area contributed by atoms with Crippen LogP contribution in [0.1, 0.15) is 45.4 Å². The molecule has 4 rings (SSSR count). The van der Waals surface area contributed by atoms with Crippen LogP contribution in [-0.4, -0.2) is 30.0 Å². The summed E-state index contributed by atoms with van der Waals surface area (Å²) >= 11 is 0. The maximum Gasteiger partial charge on any atom is 0.460 e. The molecule has 9 heteroatoms. The van der Waals surface area contributed by atoms with Gasteiger partial charge < -0.3 is 5.32 Å². The van der Waals surface area contributed by atoms with Crippen molar-refractivity contribution >= 4 is 5.91 Å². The Hall–Kier alpha value is -1.02. The molecule has 2 nitrogen and oxygen atoms in total. The van der Waals surface area contributed by atoms with Gasteiger partial charge in [-0.25, -0.2) is 0 Å². The lowest BCUT2D eigenvalue weighted by Crippen LogP contribution is -2.63. The average molecular weight is 375 g/mol. The number of alkyl halides is 7. The summed E-state index contributed by atoms with van der Waals surface area (Å²) in [5.74, 6) is -13.6. The van der Waals surface area contributed by atoms with Gasteiger partial charge in [0.15, 0.2) is 0 Å². The molecule has 0 saturated heterocycles. The minimum absolute atomic E-state index is 0.419. The van der Waals surface area contributed by atoms with E-state index in [1.807, 2.05) is 0 Å². The van der Waals surface area contributed by atoms with Gasteiger partial charge in [0.05, 0.1) is 0 Å². The van der Waals surface area contributed by atoms with Crippen molar-refractivity contribution in [3.05, 3.63) is 0 Å². The zero-order valence-corrected chi connectivity index (χ0v) is 13.6. The van der Waals surface area contributed by atoms with Gasteiger partial charge >= 0.3 is 18.0 Å². The average Bonchev–Trinajstić information content (AvgIpc) is 2.44. The van der Waals surface area contributed by atoms with E-state index in [1.54, 1.807) is 5.32 Å². The molecule has 0 aromatic heterocycles. The fraction of sp³-hybridized carbons (Fsp3) is 0.938. The van der Waals surface area contributed by atoms with Crippen molar-refractivity contribution in [1.82, 2.24) is 5.32 Å². The number of halogens is 7. The maximum absolute atomic E-state index is 13.5. The van der Waals surface area contributed by atoms with Crippen molar-refractivity contribution in [1.29, 1.82) is 0 Å². The van der Waals surface area contributed by atoms with Crippen LogP contribution in [0.4, 0.5) is 30.7 Å². The van der Waals surface area contributed by atoms with Gasteiger partial charge in [0.25, 0.3) is 5.91 Å². The van der Waals surface area contributed by atoms with Crippen LogP contribution in [0.5, 0.6) is 0 Å². The number of carbonyl (C=O) groups is 1. The topological polar surface area (TPSA) is 29.1 Å². The normalized spacial score (nSPS) is 36.4. The van der Waals surface area contributed by atoms with Gasteiger partial charge in [-0.1, -0.05) is 0 Å². The molecular formula is C16H20F7NO. The van der Waals surface area contributed by atoms with Crippen LogP contribution in [0.25, 0.3) is 0 Å². The highest BCUT2D eigenvalue weighted by Crippen LogP contribution is 2.61.